The molecule has 2 N–H and O–H groups in total. The number of anilines is 3. The molecule has 2 aromatic heterocycles. The summed E-state index contributed by atoms with van der Waals surface area (Å²) in [7, 11) is 0. The van der Waals surface area contributed by atoms with Gasteiger partial charge in [-0.25, -0.2) is 14.2 Å². The number of nitrogens with zero attached hydrogens (tertiary/aromatic N) is 5. The van der Waals surface area contributed by atoms with Crippen LogP contribution in [0.5, 0.6) is 0 Å². The van der Waals surface area contributed by atoms with Gasteiger partial charge in [-0.05, 0) is 35.4 Å². The lowest BCUT2D eigenvalue weighted by molar-refractivity contribution is 0.122. The smallest absolute Gasteiger partial charge is 0.235 e. The van der Waals surface area contributed by atoms with Crippen molar-refractivity contribution in [2.75, 3.05) is 43.1 Å². The molecular weight excluding hydrogens is 496 g/mol. The summed E-state index contributed by atoms with van der Waals surface area (Å²) in [6.07, 6.45) is 1.83. The van der Waals surface area contributed by atoms with Gasteiger partial charge in [0.15, 0.2) is 0 Å². The highest BCUT2D eigenvalue weighted by Crippen LogP contribution is 2.33. The second-order valence-electron chi connectivity index (χ2n) is 8.21. The van der Waals surface area contributed by atoms with Crippen LogP contribution in [-0.4, -0.2) is 55.9 Å². The predicted octanol–water partition coefficient (Wildman–Crippen LogP) is 4.40. The maximum Gasteiger partial charge on any atom is 0.235 e. The number of nitriles is 1. The molecule has 9 nitrogen and oxygen atoms in total. The van der Waals surface area contributed by atoms with Crippen molar-refractivity contribution in [3.63, 3.8) is 0 Å². The standard InChI is InChI=1S/C25H24N6O3S2/c26-9-10-31(36(32)33)16-18-1-3-19(4-2-18)22-17-35-23-15-27-25(29-24(22)23)28-20-5-7-21(8-6-20)30-11-13-34-14-12-30/h1-8,15,17H,10-14,16H2,(H,32,33)(H,27,28,29). The van der Waals surface area contributed by atoms with Crippen LogP contribution in [0.1, 0.15) is 5.56 Å². The Morgan fingerprint density at radius 2 is 1.92 bits per heavy atom. The number of fused-ring (bicyclic) bond motifs is 1. The number of nitrogens with one attached hydrogen (secondary N) is 1. The fourth-order valence-corrected chi connectivity index (χ4v) is 5.34. The van der Waals surface area contributed by atoms with Crippen LogP contribution in [0.2, 0.25) is 0 Å². The molecule has 3 heterocycles. The summed E-state index contributed by atoms with van der Waals surface area (Å²) in [5, 5.41) is 14.2. The molecule has 1 unspecified atom stereocenters. The van der Waals surface area contributed by atoms with Gasteiger partial charge < -0.3 is 15.0 Å². The van der Waals surface area contributed by atoms with Crippen molar-refractivity contribution in [3.05, 3.63) is 65.7 Å². The van der Waals surface area contributed by atoms with Gasteiger partial charge in [-0.2, -0.15) is 9.57 Å². The summed E-state index contributed by atoms with van der Waals surface area (Å²) in [5.74, 6) is 0.524. The van der Waals surface area contributed by atoms with E-state index in [1.54, 1.807) is 11.3 Å². The Balaban J connectivity index is 1.32. The van der Waals surface area contributed by atoms with E-state index in [1.807, 2.05) is 48.7 Å². The summed E-state index contributed by atoms with van der Waals surface area (Å²) < 4.78 is 28.4. The normalized spacial score (nSPS) is 14.6. The van der Waals surface area contributed by atoms with Crippen molar-refractivity contribution >= 4 is 50.1 Å². The Kier molecular flexibility index (Phi) is 7.50. The van der Waals surface area contributed by atoms with Crippen molar-refractivity contribution in [3.8, 4) is 17.2 Å². The van der Waals surface area contributed by atoms with Crippen molar-refractivity contribution in [2.45, 2.75) is 6.54 Å². The highest BCUT2D eigenvalue weighted by atomic mass is 32.2. The number of hydrogen-bond donors (Lipinski definition) is 2. The minimum absolute atomic E-state index is 0.122. The van der Waals surface area contributed by atoms with Crippen LogP contribution < -0.4 is 10.2 Å². The summed E-state index contributed by atoms with van der Waals surface area (Å²) in [4.78, 5) is 11.6. The van der Waals surface area contributed by atoms with E-state index in [9.17, 15) is 8.76 Å². The van der Waals surface area contributed by atoms with Gasteiger partial charge >= 0.3 is 0 Å². The SMILES string of the molecule is N#CCN(Cc1ccc(-c2csc3cnc(Nc4ccc(N5CCOCC5)cc4)nc23)cc1)S(=O)O. The molecule has 0 aliphatic carbocycles. The van der Waals surface area contributed by atoms with E-state index in [1.165, 1.54) is 9.99 Å². The van der Waals surface area contributed by atoms with Gasteiger partial charge in [0.05, 0.1) is 35.7 Å². The largest absolute Gasteiger partial charge is 0.378 e. The van der Waals surface area contributed by atoms with Crippen LogP contribution in [0.15, 0.2) is 60.1 Å². The van der Waals surface area contributed by atoms with E-state index in [4.69, 9.17) is 15.0 Å². The first-order valence-electron chi connectivity index (χ1n) is 11.4. The highest BCUT2D eigenvalue weighted by Gasteiger charge is 2.14. The summed E-state index contributed by atoms with van der Waals surface area (Å²) in [6.45, 7) is 3.39. The second-order valence-corrected chi connectivity index (χ2v) is 10.1. The number of aromatic nitrogens is 2. The number of benzene rings is 2. The highest BCUT2D eigenvalue weighted by molar-refractivity contribution is 7.76. The minimum Gasteiger partial charge on any atom is -0.378 e. The molecule has 1 fully saturated rings. The lowest BCUT2D eigenvalue weighted by atomic mass is 10.1. The fourth-order valence-electron chi connectivity index (χ4n) is 4.04. The first-order valence-corrected chi connectivity index (χ1v) is 13.3. The van der Waals surface area contributed by atoms with E-state index >= 15 is 0 Å². The van der Waals surface area contributed by atoms with Crippen LogP contribution in [0.25, 0.3) is 21.3 Å². The van der Waals surface area contributed by atoms with Crippen LogP contribution in [-0.2, 0) is 22.5 Å². The van der Waals surface area contributed by atoms with E-state index in [0.29, 0.717) is 5.95 Å². The van der Waals surface area contributed by atoms with E-state index in [-0.39, 0.29) is 13.1 Å². The lowest BCUT2D eigenvalue weighted by Gasteiger charge is -2.28. The first-order chi connectivity index (χ1) is 17.6. The molecule has 0 spiro atoms. The molecule has 36 heavy (non-hydrogen) atoms. The maximum absolute atomic E-state index is 11.4. The number of thiophene rings is 1. The van der Waals surface area contributed by atoms with Gasteiger partial charge in [0.1, 0.15) is 6.54 Å². The Labute approximate surface area is 215 Å². The van der Waals surface area contributed by atoms with Crippen molar-refractivity contribution < 1.29 is 13.5 Å². The molecule has 1 aliphatic rings. The number of hydrogen-bond acceptors (Lipinski definition) is 8. The average molecular weight is 521 g/mol. The Morgan fingerprint density at radius 3 is 2.61 bits per heavy atom. The van der Waals surface area contributed by atoms with Crippen molar-refractivity contribution in [1.82, 2.24) is 14.3 Å². The molecule has 5 rings (SSSR count). The van der Waals surface area contributed by atoms with Crippen LogP contribution >= 0.6 is 11.3 Å². The molecule has 0 saturated carbocycles. The molecule has 0 radical (unpaired) electrons. The zero-order chi connectivity index (χ0) is 24.9. The van der Waals surface area contributed by atoms with E-state index in [0.717, 1.165) is 58.9 Å². The summed E-state index contributed by atoms with van der Waals surface area (Å²) in [5.41, 5.74) is 5.77. The van der Waals surface area contributed by atoms with Crippen LogP contribution in [0.3, 0.4) is 0 Å². The molecule has 1 atom stereocenters. The topological polar surface area (TPSA) is 115 Å². The third-order valence-electron chi connectivity index (χ3n) is 5.91. The van der Waals surface area contributed by atoms with E-state index < -0.39 is 11.3 Å². The molecule has 0 amide bonds. The van der Waals surface area contributed by atoms with E-state index in [2.05, 4.69) is 32.7 Å². The van der Waals surface area contributed by atoms with Gasteiger partial charge in [0.25, 0.3) is 0 Å². The van der Waals surface area contributed by atoms with Gasteiger partial charge in [0, 0.05) is 42.0 Å². The maximum atomic E-state index is 11.4. The molecule has 1 aliphatic heterocycles. The Morgan fingerprint density at radius 1 is 1.17 bits per heavy atom. The first kappa shape index (κ1) is 24.3. The molecule has 4 aromatic rings. The predicted molar refractivity (Wildman–Crippen MR) is 142 cm³/mol. The van der Waals surface area contributed by atoms with Crippen LogP contribution in [0, 0.1) is 11.3 Å². The average Bonchev–Trinajstić information content (AvgIpc) is 3.33. The van der Waals surface area contributed by atoms with Gasteiger partial charge in [0.2, 0.25) is 17.2 Å². The molecule has 11 heteroatoms. The zero-order valence-electron chi connectivity index (χ0n) is 19.3. The monoisotopic (exact) mass is 520 g/mol. The van der Waals surface area contributed by atoms with Gasteiger partial charge in [-0.3, -0.25) is 4.55 Å². The number of morpholine rings is 1. The van der Waals surface area contributed by atoms with Crippen molar-refractivity contribution in [2.24, 2.45) is 0 Å². The van der Waals surface area contributed by atoms with Gasteiger partial charge in [-0.15, -0.1) is 11.3 Å². The quantitative estimate of drug-likeness (QED) is 0.260. The minimum atomic E-state index is -2.20. The lowest BCUT2D eigenvalue weighted by Crippen LogP contribution is -2.36. The second kappa shape index (κ2) is 11.1. The Hall–Kier alpha value is -3.40. The molecule has 0 bridgehead atoms. The Bertz CT molecular complexity index is 1400. The number of rotatable bonds is 8. The fraction of sp³-hybridized carbons (Fsp3) is 0.240. The summed E-state index contributed by atoms with van der Waals surface area (Å²) in [6, 6.07) is 17.9. The molecule has 184 valence electrons. The summed E-state index contributed by atoms with van der Waals surface area (Å²) >= 11 is -0.618. The number of ether oxygens (including phenoxy) is 1. The van der Waals surface area contributed by atoms with Crippen LogP contribution in [0.4, 0.5) is 17.3 Å². The third kappa shape index (κ3) is 5.53. The third-order valence-corrected chi connectivity index (χ3v) is 7.51. The molecule has 2 aromatic carbocycles. The zero-order valence-corrected chi connectivity index (χ0v) is 21.0. The van der Waals surface area contributed by atoms with Gasteiger partial charge in [-0.1, -0.05) is 24.3 Å². The molecule has 1 saturated heterocycles. The van der Waals surface area contributed by atoms with Crippen molar-refractivity contribution in [1.29, 1.82) is 5.26 Å². The molecular formula is C25H24N6O3S2.